The predicted octanol–water partition coefficient (Wildman–Crippen LogP) is 1.70. The van der Waals surface area contributed by atoms with E-state index in [-0.39, 0.29) is 11.8 Å². The molecule has 0 aromatic heterocycles. The van der Waals surface area contributed by atoms with Gasteiger partial charge in [-0.2, -0.15) is 0 Å². The second-order valence-electron chi connectivity index (χ2n) is 5.09. The molecule has 1 aliphatic rings. The van der Waals surface area contributed by atoms with Crippen molar-refractivity contribution in [3.05, 3.63) is 0 Å². The van der Waals surface area contributed by atoms with E-state index in [1.165, 1.54) is 12.8 Å². The number of amides is 1. The molecule has 1 aliphatic carbocycles. The number of carbonyl (C=O) groups is 1. The Morgan fingerprint density at radius 3 is 2.67 bits per heavy atom. The lowest BCUT2D eigenvalue weighted by Gasteiger charge is -2.24. The van der Waals surface area contributed by atoms with Gasteiger partial charge in [0.1, 0.15) is 0 Å². The van der Waals surface area contributed by atoms with E-state index in [2.05, 4.69) is 5.32 Å². The number of aliphatic hydroxyl groups is 1. The monoisotopic (exact) mass is 213 g/mol. The first kappa shape index (κ1) is 12.5. The van der Waals surface area contributed by atoms with Crippen molar-refractivity contribution >= 4 is 5.91 Å². The fourth-order valence-corrected chi connectivity index (χ4v) is 1.88. The molecule has 0 bridgehead atoms. The van der Waals surface area contributed by atoms with Crippen LogP contribution in [0.25, 0.3) is 0 Å². The third-order valence-corrected chi connectivity index (χ3v) is 3.17. The SMILES string of the molecule is CCCC(C)(O)CNC(=O)C(C)C1CC1. The average molecular weight is 213 g/mol. The summed E-state index contributed by atoms with van der Waals surface area (Å²) in [7, 11) is 0. The molecule has 2 N–H and O–H groups in total. The molecule has 0 aromatic rings. The molecule has 2 atom stereocenters. The molecular formula is C12H23NO2. The van der Waals surface area contributed by atoms with E-state index in [1.54, 1.807) is 6.92 Å². The van der Waals surface area contributed by atoms with E-state index in [1.807, 2.05) is 13.8 Å². The Morgan fingerprint density at radius 2 is 2.20 bits per heavy atom. The number of nitrogens with one attached hydrogen (secondary N) is 1. The molecule has 0 radical (unpaired) electrons. The maximum absolute atomic E-state index is 11.7. The van der Waals surface area contributed by atoms with Gasteiger partial charge in [0.25, 0.3) is 0 Å². The Balaban J connectivity index is 2.26. The third-order valence-electron chi connectivity index (χ3n) is 3.17. The van der Waals surface area contributed by atoms with Crippen LogP contribution in [0.1, 0.15) is 46.5 Å². The van der Waals surface area contributed by atoms with Crippen LogP contribution in [0.15, 0.2) is 0 Å². The third kappa shape index (κ3) is 4.20. The number of rotatable bonds is 6. The van der Waals surface area contributed by atoms with Gasteiger partial charge in [-0.25, -0.2) is 0 Å². The maximum atomic E-state index is 11.7. The molecule has 0 aliphatic heterocycles. The van der Waals surface area contributed by atoms with Crippen molar-refractivity contribution in [2.24, 2.45) is 11.8 Å². The highest BCUT2D eigenvalue weighted by molar-refractivity contribution is 5.78. The van der Waals surface area contributed by atoms with Gasteiger partial charge in [0.05, 0.1) is 5.60 Å². The van der Waals surface area contributed by atoms with Gasteiger partial charge in [-0.05, 0) is 32.1 Å². The van der Waals surface area contributed by atoms with Crippen LogP contribution in [0.2, 0.25) is 0 Å². The Morgan fingerprint density at radius 1 is 1.60 bits per heavy atom. The van der Waals surface area contributed by atoms with E-state index in [9.17, 15) is 9.90 Å². The van der Waals surface area contributed by atoms with Crippen molar-refractivity contribution < 1.29 is 9.90 Å². The first-order chi connectivity index (χ1) is 6.96. The fourth-order valence-electron chi connectivity index (χ4n) is 1.88. The van der Waals surface area contributed by atoms with Gasteiger partial charge in [-0.3, -0.25) is 4.79 Å². The van der Waals surface area contributed by atoms with Crippen molar-refractivity contribution in [1.82, 2.24) is 5.32 Å². The predicted molar refractivity (Wildman–Crippen MR) is 60.4 cm³/mol. The van der Waals surface area contributed by atoms with Crippen molar-refractivity contribution in [1.29, 1.82) is 0 Å². The zero-order valence-corrected chi connectivity index (χ0v) is 10.0. The van der Waals surface area contributed by atoms with E-state index < -0.39 is 5.60 Å². The summed E-state index contributed by atoms with van der Waals surface area (Å²) < 4.78 is 0. The zero-order valence-electron chi connectivity index (χ0n) is 10.0. The van der Waals surface area contributed by atoms with E-state index in [4.69, 9.17) is 0 Å². The molecule has 1 saturated carbocycles. The van der Waals surface area contributed by atoms with E-state index >= 15 is 0 Å². The molecular weight excluding hydrogens is 190 g/mol. The number of hydrogen-bond donors (Lipinski definition) is 2. The summed E-state index contributed by atoms with van der Waals surface area (Å²) in [6.07, 6.45) is 4.02. The van der Waals surface area contributed by atoms with Crippen LogP contribution < -0.4 is 5.32 Å². The van der Waals surface area contributed by atoms with Crippen LogP contribution in [0.3, 0.4) is 0 Å². The Hall–Kier alpha value is -0.570. The van der Waals surface area contributed by atoms with Gasteiger partial charge in [0.15, 0.2) is 0 Å². The highest BCUT2D eigenvalue weighted by atomic mass is 16.3. The first-order valence-corrected chi connectivity index (χ1v) is 5.96. The molecule has 0 saturated heterocycles. The van der Waals surface area contributed by atoms with Gasteiger partial charge in [0.2, 0.25) is 5.91 Å². The lowest BCUT2D eigenvalue weighted by atomic mass is 10.00. The highest BCUT2D eigenvalue weighted by Gasteiger charge is 2.33. The van der Waals surface area contributed by atoms with Gasteiger partial charge < -0.3 is 10.4 Å². The minimum absolute atomic E-state index is 0.0916. The molecule has 3 nitrogen and oxygen atoms in total. The van der Waals surface area contributed by atoms with Gasteiger partial charge in [0, 0.05) is 12.5 Å². The molecule has 15 heavy (non-hydrogen) atoms. The van der Waals surface area contributed by atoms with Crippen LogP contribution in [-0.2, 0) is 4.79 Å². The fraction of sp³-hybridized carbons (Fsp3) is 0.917. The average Bonchev–Trinajstić information content (AvgIpc) is 2.96. The summed E-state index contributed by atoms with van der Waals surface area (Å²) in [6.45, 7) is 6.15. The molecule has 1 amide bonds. The Labute approximate surface area is 92.3 Å². The van der Waals surface area contributed by atoms with Crippen molar-refractivity contribution in [2.75, 3.05) is 6.54 Å². The summed E-state index contributed by atoms with van der Waals surface area (Å²) in [5.74, 6) is 0.789. The Kier molecular flexibility index (Phi) is 4.14. The number of hydrogen-bond acceptors (Lipinski definition) is 2. The van der Waals surface area contributed by atoms with E-state index in [0.717, 1.165) is 12.8 Å². The zero-order chi connectivity index (χ0) is 11.5. The Bertz CT molecular complexity index is 222. The highest BCUT2D eigenvalue weighted by Crippen LogP contribution is 2.36. The van der Waals surface area contributed by atoms with Crippen LogP contribution in [0.4, 0.5) is 0 Å². The minimum Gasteiger partial charge on any atom is -0.388 e. The minimum atomic E-state index is -0.756. The largest absolute Gasteiger partial charge is 0.388 e. The maximum Gasteiger partial charge on any atom is 0.223 e. The second kappa shape index (κ2) is 4.97. The molecule has 2 unspecified atom stereocenters. The molecule has 0 heterocycles. The van der Waals surface area contributed by atoms with Gasteiger partial charge in [-0.15, -0.1) is 0 Å². The summed E-state index contributed by atoms with van der Waals surface area (Å²) in [4.78, 5) is 11.7. The smallest absolute Gasteiger partial charge is 0.223 e. The topological polar surface area (TPSA) is 49.3 Å². The standard InChI is InChI=1S/C12H23NO2/c1-4-7-12(3,15)8-13-11(14)9(2)10-5-6-10/h9-10,15H,4-8H2,1-3H3,(H,13,14). The normalized spacial score (nSPS) is 21.9. The molecule has 1 fully saturated rings. The van der Waals surface area contributed by atoms with Crippen LogP contribution >= 0.6 is 0 Å². The first-order valence-electron chi connectivity index (χ1n) is 5.96. The van der Waals surface area contributed by atoms with Crippen molar-refractivity contribution in [3.63, 3.8) is 0 Å². The van der Waals surface area contributed by atoms with E-state index in [0.29, 0.717) is 12.5 Å². The molecule has 88 valence electrons. The molecule has 0 spiro atoms. The van der Waals surface area contributed by atoms with Crippen LogP contribution in [0, 0.1) is 11.8 Å². The summed E-state index contributed by atoms with van der Waals surface area (Å²) in [5.41, 5.74) is -0.756. The van der Waals surface area contributed by atoms with Gasteiger partial charge in [-0.1, -0.05) is 20.3 Å². The summed E-state index contributed by atoms with van der Waals surface area (Å²) in [6, 6.07) is 0. The molecule has 3 heteroatoms. The van der Waals surface area contributed by atoms with Gasteiger partial charge >= 0.3 is 0 Å². The lowest BCUT2D eigenvalue weighted by molar-refractivity contribution is -0.126. The van der Waals surface area contributed by atoms with Crippen molar-refractivity contribution in [2.45, 2.75) is 52.1 Å². The molecule has 1 rings (SSSR count). The summed E-state index contributed by atoms with van der Waals surface area (Å²) in [5, 5.41) is 12.7. The van der Waals surface area contributed by atoms with Crippen molar-refractivity contribution in [3.8, 4) is 0 Å². The quantitative estimate of drug-likeness (QED) is 0.705. The molecule has 0 aromatic carbocycles. The van der Waals surface area contributed by atoms with Crippen LogP contribution in [-0.4, -0.2) is 23.2 Å². The second-order valence-corrected chi connectivity index (χ2v) is 5.09. The lowest BCUT2D eigenvalue weighted by Crippen LogP contribution is -2.42. The number of carbonyl (C=O) groups excluding carboxylic acids is 1. The summed E-state index contributed by atoms with van der Waals surface area (Å²) >= 11 is 0. The van der Waals surface area contributed by atoms with Crippen LogP contribution in [0.5, 0.6) is 0 Å².